The Morgan fingerprint density at radius 1 is 1.15 bits per heavy atom. The predicted molar refractivity (Wildman–Crippen MR) is 130 cm³/mol. The highest BCUT2D eigenvalue weighted by Gasteiger charge is 2.21. The van der Waals surface area contributed by atoms with Crippen LogP contribution in [0.2, 0.25) is 0 Å². The van der Waals surface area contributed by atoms with Gasteiger partial charge in [0.15, 0.2) is 0 Å². The molecule has 34 heavy (non-hydrogen) atoms. The first kappa shape index (κ1) is 25.2. The van der Waals surface area contributed by atoms with Gasteiger partial charge in [0.2, 0.25) is 5.43 Å². The normalized spacial score (nSPS) is 14.1. The molecule has 2 aromatic rings. The highest BCUT2D eigenvalue weighted by atomic mass is 16.5. The lowest BCUT2D eigenvalue weighted by atomic mass is 9.97. The fourth-order valence-corrected chi connectivity index (χ4v) is 3.99. The van der Waals surface area contributed by atoms with Crippen molar-refractivity contribution in [1.29, 1.82) is 0 Å². The number of pyridine rings is 1. The fraction of sp³-hybridized carbons (Fsp3) is 0.423. The monoisotopic (exact) mass is 467 g/mol. The van der Waals surface area contributed by atoms with Crippen LogP contribution in [0.4, 0.5) is 0 Å². The molecule has 2 amide bonds. The van der Waals surface area contributed by atoms with Crippen LogP contribution in [0.1, 0.15) is 65.3 Å². The second-order valence-electron chi connectivity index (χ2n) is 8.57. The highest BCUT2D eigenvalue weighted by molar-refractivity contribution is 5.99. The molecular formula is C26H33N3O5. The van der Waals surface area contributed by atoms with E-state index in [2.05, 4.69) is 16.7 Å². The van der Waals surface area contributed by atoms with Crippen molar-refractivity contribution in [2.24, 2.45) is 0 Å². The molecule has 1 heterocycles. The summed E-state index contributed by atoms with van der Waals surface area (Å²) in [6.07, 6.45) is 10.3. The van der Waals surface area contributed by atoms with E-state index < -0.39 is 23.3 Å². The van der Waals surface area contributed by atoms with Gasteiger partial charge in [-0.3, -0.25) is 14.4 Å². The molecule has 1 atom stereocenters. The number of para-hydroxylation sites is 1. The quantitative estimate of drug-likeness (QED) is 0.466. The lowest BCUT2D eigenvalue weighted by Crippen LogP contribution is -2.40. The average molecular weight is 468 g/mol. The summed E-state index contributed by atoms with van der Waals surface area (Å²) >= 11 is 0. The van der Waals surface area contributed by atoms with Gasteiger partial charge in [0.05, 0.1) is 20.3 Å². The highest BCUT2D eigenvalue weighted by Crippen LogP contribution is 2.20. The third-order valence-corrected chi connectivity index (χ3v) is 5.88. The van der Waals surface area contributed by atoms with Crippen molar-refractivity contribution in [3.63, 3.8) is 0 Å². The Kier molecular flexibility index (Phi) is 9.04. The second kappa shape index (κ2) is 12.2. The van der Waals surface area contributed by atoms with Gasteiger partial charge in [0.25, 0.3) is 11.8 Å². The number of aromatic nitrogens is 1. The van der Waals surface area contributed by atoms with Crippen LogP contribution in [-0.2, 0) is 6.54 Å². The molecule has 8 nitrogen and oxygen atoms in total. The van der Waals surface area contributed by atoms with Crippen LogP contribution in [0, 0.1) is 0 Å². The van der Waals surface area contributed by atoms with E-state index in [4.69, 9.17) is 4.74 Å². The topological polar surface area (TPSA) is 110 Å². The smallest absolute Gasteiger partial charge is 0.257 e. The molecule has 1 aromatic carbocycles. The van der Waals surface area contributed by atoms with E-state index >= 15 is 0 Å². The maximum Gasteiger partial charge on any atom is 0.257 e. The van der Waals surface area contributed by atoms with E-state index in [1.807, 2.05) is 24.3 Å². The standard InChI is InChI=1S/C26H33N3O5/c1-18(17-30)28-26(33)22-16-29(14-20-10-6-7-11-23(20)34-2)15-21(24(22)31)25(32)27-13-12-19-8-4-3-5-9-19/h6-8,10-11,15-16,18,30H,3-5,9,12-14,17H2,1-2H3,(H,27,32)(H,28,33)/t18-/m0/s1. The summed E-state index contributed by atoms with van der Waals surface area (Å²) in [6, 6.07) is 6.88. The van der Waals surface area contributed by atoms with Crippen molar-refractivity contribution in [2.45, 2.75) is 51.6 Å². The minimum Gasteiger partial charge on any atom is -0.496 e. The number of rotatable bonds is 10. The van der Waals surface area contributed by atoms with Crippen LogP contribution in [0.25, 0.3) is 0 Å². The van der Waals surface area contributed by atoms with Crippen molar-refractivity contribution in [2.75, 3.05) is 20.3 Å². The molecule has 0 spiro atoms. The van der Waals surface area contributed by atoms with Crippen molar-refractivity contribution < 1.29 is 19.4 Å². The number of amides is 2. The Bertz CT molecular complexity index is 1110. The Morgan fingerprint density at radius 2 is 1.88 bits per heavy atom. The molecule has 1 aromatic heterocycles. The number of ether oxygens (including phenoxy) is 1. The first-order chi connectivity index (χ1) is 16.4. The molecule has 0 fully saturated rings. The molecule has 8 heteroatoms. The number of nitrogens with one attached hydrogen (secondary N) is 2. The van der Waals surface area contributed by atoms with Gasteiger partial charge in [-0.25, -0.2) is 0 Å². The third-order valence-electron chi connectivity index (χ3n) is 5.88. The van der Waals surface area contributed by atoms with E-state index in [1.54, 1.807) is 18.6 Å². The number of aliphatic hydroxyl groups is 1. The van der Waals surface area contributed by atoms with Crippen LogP contribution in [0.5, 0.6) is 5.75 Å². The summed E-state index contributed by atoms with van der Waals surface area (Å²) in [5.41, 5.74) is 1.26. The maximum absolute atomic E-state index is 13.1. The maximum atomic E-state index is 13.1. The van der Waals surface area contributed by atoms with Gasteiger partial charge < -0.3 is 25.0 Å². The number of benzene rings is 1. The van der Waals surface area contributed by atoms with Crippen molar-refractivity contribution >= 4 is 11.8 Å². The van der Waals surface area contributed by atoms with Crippen LogP contribution in [0.15, 0.2) is 53.1 Å². The molecule has 0 radical (unpaired) electrons. The van der Waals surface area contributed by atoms with E-state index in [9.17, 15) is 19.5 Å². The second-order valence-corrected chi connectivity index (χ2v) is 8.57. The number of allylic oxidation sites excluding steroid dienone is 1. The summed E-state index contributed by atoms with van der Waals surface area (Å²) < 4.78 is 7.04. The number of nitrogens with zero attached hydrogens (tertiary/aromatic N) is 1. The Hall–Kier alpha value is -3.39. The third kappa shape index (κ3) is 6.57. The lowest BCUT2D eigenvalue weighted by molar-refractivity contribution is 0.0920. The molecule has 0 bridgehead atoms. The van der Waals surface area contributed by atoms with E-state index in [0.29, 0.717) is 18.8 Å². The Morgan fingerprint density at radius 3 is 2.56 bits per heavy atom. The first-order valence-electron chi connectivity index (χ1n) is 11.7. The van der Waals surface area contributed by atoms with Gasteiger partial charge in [-0.2, -0.15) is 0 Å². The number of carbonyl (C=O) groups is 2. The molecule has 3 N–H and O–H groups in total. The van der Waals surface area contributed by atoms with Crippen LogP contribution in [-0.4, -0.2) is 47.8 Å². The van der Waals surface area contributed by atoms with Gasteiger partial charge in [-0.1, -0.05) is 29.8 Å². The zero-order chi connectivity index (χ0) is 24.5. The van der Waals surface area contributed by atoms with Crippen molar-refractivity contribution in [1.82, 2.24) is 15.2 Å². The van der Waals surface area contributed by atoms with Gasteiger partial charge >= 0.3 is 0 Å². The number of hydrogen-bond acceptors (Lipinski definition) is 5. The molecule has 0 saturated carbocycles. The molecule has 0 saturated heterocycles. The first-order valence-corrected chi connectivity index (χ1v) is 11.7. The van der Waals surface area contributed by atoms with Crippen molar-refractivity contribution in [3.8, 4) is 5.75 Å². The molecular weight excluding hydrogens is 434 g/mol. The van der Waals surface area contributed by atoms with Gasteiger partial charge in [-0.05, 0) is 45.1 Å². The summed E-state index contributed by atoms with van der Waals surface area (Å²) in [5.74, 6) is -0.491. The van der Waals surface area contributed by atoms with Crippen LogP contribution in [0.3, 0.4) is 0 Å². The average Bonchev–Trinajstić information content (AvgIpc) is 2.85. The van der Waals surface area contributed by atoms with Gasteiger partial charge in [-0.15, -0.1) is 0 Å². The van der Waals surface area contributed by atoms with Crippen molar-refractivity contribution in [3.05, 3.63) is 75.2 Å². The van der Waals surface area contributed by atoms with Crippen LogP contribution >= 0.6 is 0 Å². The summed E-state index contributed by atoms with van der Waals surface area (Å²) in [6.45, 7) is 2.08. The lowest BCUT2D eigenvalue weighted by Gasteiger charge is -2.16. The minimum atomic E-state index is -0.645. The summed E-state index contributed by atoms with van der Waals surface area (Å²) in [5, 5.41) is 14.7. The molecule has 3 rings (SSSR count). The summed E-state index contributed by atoms with van der Waals surface area (Å²) in [4.78, 5) is 38.8. The van der Waals surface area contributed by atoms with Gasteiger partial charge in [0, 0.05) is 30.5 Å². The number of aliphatic hydroxyl groups excluding tert-OH is 1. The molecule has 0 unspecified atom stereocenters. The van der Waals surface area contributed by atoms with E-state index in [-0.39, 0.29) is 17.7 Å². The van der Waals surface area contributed by atoms with Gasteiger partial charge in [0.1, 0.15) is 16.9 Å². The SMILES string of the molecule is COc1ccccc1Cn1cc(C(=O)NCCC2=CCCCC2)c(=O)c(C(=O)N[C@@H](C)CO)c1. The van der Waals surface area contributed by atoms with Crippen LogP contribution < -0.4 is 20.8 Å². The molecule has 1 aliphatic carbocycles. The minimum absolute atomic E-state index is 0.100. The molecule has 1 aliphatic rings. The molecule has 0 aliphatic heterocycles. The number of carbonyl (C=O) groups excluding carboxylic acids is 2. The number of methoxy groups -OCH3 is 1. The predicted octanol–water partition coefficient (Wildman–Crippen LogP) is 2.64. The largest absolute Gasteiger partial charge is 0.496 e. The summed E-state index contributed by atoms with van der Waals surface area (Å²) in [7, 11) is 1.57. The number of hydrogen-bond donors (Lipinski definition) is 3. The van der Waals surface area contributed by atoms with E-state index in [1.165, 1.54) is 24.4 Å². The Labute approximate surface area is 199 Å². The fourth-order valence-electron chi connectivity index (χ4n) is 3.99. The van der Waals surface area contributed by atoms with E-state index in [0.717, 1.165) is 31.2 Å². The molecule has 182 valence electrons. The zero-order valence-electron chi connectivity index (χ0n) is 19.8. The Balaban J connectivity index is 1.88. The zero-order valence-corrected chi connectivity index (χ0v) is 19.8.